The SMILES string of the molecule is CC(C)N(C(=O)c1ccc(N(c2cc(C(=O)O)ccc2F)C2CCN(C)CC2)cc1)C(C)C.CC(C)N(C(=O)c1ccc(N(c2cc(C(N)=O)ccc2F)C2CCN(C)CC2)cc1)C(C)C.I.[I][V][I]. The second-order valence-electron chi connectivity index (χ2n) is 18.8. The first-order chi connectivity index (χ1) is 32.6. The monoisotopic (exact) mass is 1340 g/mol. The summed E-state index contributed by atoms with van der Waals surface area (Å²) in [4.78, 5) is 61.5. The van der Waals surface area contributed by atoms with Crippen molar-refractivity contribution in [2.24, 2.45) is 5.73 Å². The van der Waals surface area contributed by atoms with Crippen molar-refractivity contribution in [2.45, 2.75) is 117 Å². The number of nitrogens with two attached hydrogens (primary N) is 1. The molecular weight excluding hydrogens is 1270 g/mol. The van der Waals surface area contributed by atoms with Crippen LogP contribution in [0, 0.1) is 11.6 Å². The molecule has 4 aromatic rings. The summed E-state index contributed by atoms with van der Waals surface area (Å²) < 4.78 is 30.0. The minimum absolute atomic E-state index is 0. The Hall–Kier alpha value is -3.09. The van der Waals surface area contributed by atoms with Crippen molar-refractivity contribution in [3.63, 3.8) is 0 Å². The molecule has 0 radical (unpaired) electrons. The Labute approximate surface area is 460 Å². The van der Waals surface area contributed by atoms with E-state index in [1.807, 2.05) is 99.3 Å². The summed E-state index contributed by atoms with van der Waals surface area (Å²) in [5, 5.41) is 9.45. The van der Waals surface area contributed by atoms with Crippen LogP contribution in [-0.4, -0.2) is 125 Å². The number of primary amides is 1. The van der Waals surface area contributed by atoms with Crippen molar-refractivity contribution < 1.29 is 42.5 Å². The first-order valence-corrected chi connectivity index (χ1v) is 32.5. The van der Waals surface area contributed by atoms with Gasteiger partial charge in [0, 0.05) is 64.3 Å². The molecule has 0 aromatic heterocycles. The molecule has 3 amide bonds. The fourth-order valence-electron chi connectivity index (χ4n) is 9.24. The van der Waals surface area contributed by atoms with Crippen molar-refractivity contribution in [3.05, 3.63) is 119 Å². The summed E-state index contributed by atoms with van der Waals surface area (Å²) in [6.45, 7) is 19.5. The van der Waals surface area contributed by atoms with Crippen LogP contribution in [0.1, 0.15) is 123 Å². The zero-order chi connectivity index (χ0) is 51.3. The minimum atomic E-state index is -1.09. The number of hydrogen-bond donors (Lipinski definition) is 2. The van der Waals surface area contributed by atoms with Crippen LogP contribution in [-0.2, 0) is 9.47 Å². The maximum absolute atomic E-state index is 15.0. The standard InChI is InChI=1S/C26H35FN4O2.C26H34FN3O3.3HI.V/c1-17(2)30(18(3)4)26(33)19-6-9-21(10-7-19)31(22-12-14-29(5)15-13-22)24-16-20(25(28)32)8-11-23(24)27;1-17(2)29(18(3)4)25(31)19-6-9-21(10-7-19)30(22-12-14-28(5)15-13-22)24-16-20(26(32)33)8-11-23(24)27;;;;/h6-11,16-18,22H,12-15H2,1-5H3,(H2,28,32);6-11,16-18,22H,12-15H2,1-5H3,(H,32,33);3*1H;/q;;;;;+2/p-2. The van der Waals surface area contributed by atoms with E-state index >= 15 is 4.39 Å². The number of carboxylic acids is 1. The van der Waals surface area contributed by atoms with E-state index in [0.717, 1.165) is 63.2 Å². The van der Waals surface area contributed by atoms with E-state index < -0.39 is 23.5 Å². The quantitative estimate of drug-likeness (QED) is 0.118. The van der Waals surface area contributed by atoms with Crippen LogP contribution < -0.4 is 15.5 Å². The third kappa shape index (κ3) is 16.5. The summed E-state index contributed by atoms with van der Waals surface area (Å²) in [5.74, 6) is -2.64. The summed E-state index contributed by atoms with van der Waals surface area (Å²) in [5.41, 5.74) is 9.03. The molecule has 0 atom stereocenters. The van der Waals surface area contributed by atoms with Gasteiger partial charge in [0.2, 0.25) is 5.91 Å². The predicted molar refractivity (Wildman–Crippen MR) is 303 cm³/mol. The first-order valence-electron chi connectivity index (χ1n) is 23.5. The van der Waals surface area contributed by atoms with Gasteiger partial charge in [-0.3, -0.25) is 14.4 Å². The Morgan fingerprint density at radius 3 is 1.14 bits per heavy atom. The van der Waals surface area contributed by atoms with Crippen LogP contribution in [0.4, 0.5) is 31.5 Å². The molecule has 0 spiro atoms. The Morgan fingerprint density at radius 1 is 0.571 bits per heavy atom. The van der Waals surface area contributed by atoms with Crippen LogP contribution in [0.2, 0.25) is 0 Å². The number of carboxylic acid groups (broad SMARTS) is 1. The number of carbonyl (C=O) groups is 4. The summed E-state index contributed by atoms with van der Waals surface area (Å²) in [7, 11) is 4.76. The van der Waals surface area contributed by atoms with Gasteiger partial charge in [0.25, 0.3) is 11.8 Å². The van der Waals surface area contributed by atoms with Gasteiger partial charge >= 0.3 is 55.4 Å². The second-order valence-corrected chi connectivity index (χ2v) is 30.6. The molecular formula is C52H70F2I3N7O5V. The number of amides is 3. The zero-order valence-corrected chi connectivity index (χ0v) is 50.0. The fraction of sp³-hybridized carbons (Fsp3) is 0.462. The number of halogens is 5. The van der Waals surface area contributed by atoms with Gasteiger partial charge < -0.3 is 40.2 Å². The molecule has 70 heavy (non-hydrogen) atoms. The number of likely N-dealkylation sites (tertiary alicyclic amines) is 2. The average Bonchev–Trinajstić information content (AvgIpc) is 3.29. The molecule has 2 heterocycles. The van der Waals surface area contributed by atoms with E-state index in [4.69, 9.17) is 5.73 Å². The van der Waals surface area contributed by atoms with Gasteiger partial charge in [-0.15, -0.1) is 24.0 Å². The number of nitrogens with zero attached hydrogens (tertiary/aromatic N) is 6. The van der Waals surface area contributed by atoms with Gasteiger partial charge in [-0.2, -0.15) is 0 Å². The van der Waals surface area contributed by atoms with Crippen LogP contribution in [0.25, 0.3) is 0 Å². The molecule has 12 nitrogen and oxygen atoms in total. The second kappa shape index (κ2) is 29.0. The van der Waals surface area contributed by atoms with Crippen LogP contribution in [0.5, 0.6) is 0 Å². The molecule has 18 heteroatoms. The molecule has 3 N–H and O–H groups in total. The van der Waals surface area contributed by atoms with E-state index in [1.54, 1.807) is 24.3 Å². The summed E-state index contributed by atoms with van der Waals surface area (Å²) in [6, 6.07) is 23.0. The van der Waals surface area contributed by atoms with Gasteiger partial charge in [-0.05, 0) is 206 Å². The van der Waals surface area contributed by atoms with Gasteiger partial charge in [0.1, 0.15) is 11.6 Å². The number of anilines is 4. The van der Waals surface area contributed by atoms with Crippen LogP contribution in [0.3, 0.4) is 0 Å². The fourth-order valence-corrected chi connectivity index (χ4v) is 9.24. The third-order valence-corrected chi connectivity index (χ3v) is 12.5. The topological polar surface area (TPSA) is 134 Å². The normalized spacial score (nSPS) is 14.5. The zero-order valence-electron chi connectivity index (χ0n) is 41.9. The molecule has 0 aliphatic carbocycles. The first kappa shape index (κ1) is 61.2. The molecule has 0 saturated carbocycles. The molecule has 4 aromatic carbocycles. The molecule has 2 saturated heterocycles. The molecule has 0 unspecified atom stereocenters. The molecule has 6 rings (SSSR count). The van der Waals surface area contributed by atoms with Crippen molar-refractivity contribution in [2.75, 3.05) is 50.1 Å². The number of hydrogen-bond acceptors (Lipinski definition) is 8. The Bertz CT molecular complexity index is 2150. The molecule has 2 aliphatic rings. The van der Waals surface area contributed by atoms with E-state index in [1.165, 1.54) is 36.4 Å². The number of carbonyl (C=O) groups excluding carboxylic acids is 3. The van der Waals surface area contributed by atoms with Gasteiger partial charge in [0.05, 0.1) is 16.9 Å². The molecule has 2 fully saturated rings. The van der Waals surface area contributed by atoms with Crippen molar-refractivity contribution >= 4 is 110 Å². The number of rotatable bonds is 14. The van der Waals surface area contributed by atoms with Crippen LogP contribution >= 0.6 is 63.9 Å². The van der Waals surface area contributed by atoms with Crippen molar-refractivity contribution in [1.29, 1.82) is 0 Å². The molecule has 2 aliphatic heterocycles. The predicted octanol–water partition coefficient (Wildman–Crippen LogP) is 11.8. The Balaban J connectivity index is 0.000000346. The van der Waals surface area contributed by atoms with Gasteiger partial charge in [-0.1, -0.05) is 0 Å². The van der Waals surface area contributed by atoms with Gasteiger partial charge in [0.15, 0.2) is 0 Å². The summed E-state index contributed by atoms with van der Waals surface area (Å²) >= 11 is 4.74. The maximum atomic E-state index is 15.0. The summed E-state index contributed by atoms with van der Waals surface area (Å²) in [6.07, 6.45) is 3.35. The van der Waals surface area contributed by atoms with E-state index in [-0.39, 0.29) is 88.9 Å². The van der Waals surface area contributed by atoms with Crippen LogP contribution in [0.15, 0.2) is 84.9 Å². The number of benzene rings is 4. The van der Waals surface area contributed by atoms with E-state index in [0.29, 0.717) is 26.3 Å². The molecule has 0 bridgehead atoms. The van der Waals surface area contributed by atoms with Crippen molar-refractivity contribution in [3.8, 4) is 0 Å². The number of piperidine rings is 2. The van der Waals surface area contributed by atoms with E-state index in [9.17, 15) is 28.7 Å². The number of aromatic carboxylic acids is 1. The van der Waals surface area contributed by atoms with Crippen molar-refractivity contribution in [1.82, 2.24) is 19.6 Å². The Kier molecular flexibility index (Phi) is 25.3. The average molecular weight is 1340 g/mol. The Morgan fingerprint density at radius 2 is 0.857 bits per heavy atom. The van der Waals surface area contributed by atoms with Gasteiger partial charge in [-0.25, -0.2) is 13.6 Å². The third-order valence-electron chi connectivity index (χ3n) is 12.5. The molecule has 383 valence electrons. The van der Waals surface area contributed by atoms with E-state index in [2.05, 4.69) is 63.9 Å².